The van der Waals surface area contributed by atoms with Crippen molar-refractivity contribution in [2.24, 2.45) is 0 Å². The van der Waals surface area contributed by atoms with Gasteiger partial charge in [0.1, 0.15) is 0 Å². The summed E-state index contributed by atoms with van der Waals surface area (Å²) in [6.07, 6.45) is 3.60. The Morgan fingerprint density at radius 2 is 2.27 bits per heavy atom. The lowest BCUT2D eigenvalue weighted by molar-refractivity contribution is -0.126. The van der Waals surface area contributed by atoms with E-state index in [1.165, 1.54) is 12.7 Å². The first kappa shape index (κ1) is 9.62. The molecule has 0 aliphatic rings. The van der Waals surface area contributed by atoms with Gasteiger partial charge in [-0.15, -0.1) is 0 Å². The van der Waals surface area contributed by atoms with Crippen LogP contribution in [0.1, 0.15) is 5.56 Å². The number of carbonyl (C=O) groups excluding carboxylic acids is 1. The Labute approximate surface area is 66.0 Å². The first-order valence-electron chi connectivity index (χ1n) is 3.14. The standard InChI is InChI=1S/C6H7N.C2H4O2/c1-6-3-2-4-7-5-6;1-4-2-3/h2-5H,1H3;2H,1H3. The molecule has 0 amide bonds. The van der Waals surface area contributed by atoms with Crippen LogP contribution < -0.4 is 0 Å². The average molecular weight is 153 g/mol. The maximum Gasteiger partial charge on any atom is 0.292 e. The number of methoxy groups -OCH3 is 1. The molecule has 0 unspecified atom stereocenters. The molecule has 60 valence electrons. The SMILES string of the molecule is COC=O.Cc1cccnc1. The van der Waals surface area contributed by atoms with Crippen molar-refractivity contribution < 1.29 is 9.53 Å². The summed E-state index contributed by atoms with van der Waals surface area (Å²) in [5.74, 6) is 0. The van der Waals surface area contributed by atoms with E-state index in [4.69, 9.17) is 4.79 Å². The molecule has 0 atom stereocenters. The molecule has 0 radical (unpaired) electrons. The van der Waals surface area contributed by atoms with Crippen LogP contribution in [0.15, 0.2) is 24.5 Å². The lowest BCUT2D eigenvalue weighted by atomic mass is 10.3. The lowest BCUT2D eigenvalue weighted by Crippen LogP contribution is -1.69. The molecule has 0 bridgehead atoms. The van der Waals surface area contributed by atoms with Crippen LogP contribution in [0.2, 0.25) is 0 Å². The summed E-state index contributed by atoms with van der Waals surface area (Å²) in [6.45, 7) is 2.40. The van der Waals surface area contributed by atoms with E-state index in [0.717, 1.165) is 0 Å². The third-order valence-corrected chi connectivity index (χ3v) is 0.906. The quantitative estimate of drug-likeness (QED) is 0.569. The van der Waals surface area contributed by atoms with E-state index in [-0.39, 0.29) is 0 Å². The van der Waals surface area contributed by atoms with Gasteiger partial charge in [0.05, 0.1) is 7.11 Å². The van der Waals surface area contributed by atoms with Gasteiger partial charge in [-0.25, -0.2) is 0 Å². The highest BCUT2D eigenvalue weighted by Gasteiger charge is 1.73. The Hall–Kier alpha value is -1.38. The summed E-state index contributed by atoms with van der Waals surface area (Å²) in [6, 6.07) is 3.95. The summed E-state index contributed by atoms with van der Waals surface area (Å²) >= 11 is 0. The minimum atomic E-state index is 0.375. The van der Waals surface area contributed by atoms with Crippen LogP contribution in [0.3, 0.4) is 0 Å². The van der Waals surface area contributed by atoms with Gasteiger partial charge in [-0.1, -0.05) is 6.07 Å². The number of hydrogen-bond donors (Lipinski definition) is 0. The Bertz CT molecular complexity index is 187. The van der Waals surface area contributed by atoms with Crippen LogP contribution in [0.25, 0.3) is 0 Å². The highest BCUT2D eigenvalue weighted by atomic mass is 16.5. The molecule has 0 aliphatic heterocycles. The van der Waals surface area contributed by atoms with Gasteiger partial charge < -0.3 is 4.74 Å². The number of pyridine rings is 1. The molecule has 1 heterocycles. The fourth-order valence-corrected chi connectivity index (χ4v) is 0.448. The zero-order chi connectivity index (χ0) is 8.53. The summed E-state index contributed by atoms with van der Waals surface area (Å²) in [5.41, 5.74) is 1.21. The average Bonchev–Trinajstić information content (AvgIpc) is 2.07. The second-order valence-electron chi connectivity index (χ2n) is 1.86. The van der Waals surface area contributed by atoms with E-state index >= 15 is 0 Å². The van der Waals surface area contributed by atoms with Gasteiger partial charge in [-0.05, 0) is 18.6 Å². The summed E-state index contributed by atoms with van der Waals surface area (Å²) in [4.78, 5) is 12.8. The molecule has 3 heteroatoms. The third kappa shape index (κ3) is 6.51. The van der Waals surface area contributed by atoms with Crippen molar-refractivity contribution >= 4 is 6.47 Å². The first-order valence-corrected chi connectivity index (χ1v) is 3.14. The molecule has 0 saturated heterocycles. The molecule has 0 aromatic carbocycles. The fourth-order valence-electron chi connectivity index (χ4n) is 0.448. The van der Waals surface area contributed by atoms with Crippen molar-refractivity contribution in [1.82, 2.24) is 4.98 Å². The van der Waals surface area contributed by atoms with Gasteiger partial charge >= 0.3 is 0 Å². The number of aryl methyl sites for hydroxylation is 1. The number of hydrogen-bond acceptors (Lipinski definition) is 3. The highest BCUT2D eigenvalue weighted by Crippen LogP contribution is 1.88. The topological polar surface area (TPSA) is 39.2 Å². The monoisotopic (exact) mass is 153 g/mol. The second-order valence-corrected chi connectivity index (χ2v) is 1.86. The number of aromatic nitrogens is 1. The first-order chi connectivity index (χ1) is 5.31. The van der Waals surface area contributed by atoms with Crippen molar-refractivity contribution in [3.8, 4) is 0 Å². The van der Waals surface area contributed by atoms with Gasteiger partial charge in [0.25, 0.3) is 6.47 Å². The molecule has 1 aromatic heterocycles. The molecule has 0 fully saturated rings. The van der Waals surface area contributed by atoms with E-state index < -0.39 is 0 Å². The van der Waals surface area contributed by atoms with Gasteiger partial charge in [0.2, 0.25) is 0 Å². The Balaban J connectivity index is 0.000000218. The van der Waals surface area contributed by atoms with Crippen LogP contribution in [-0.4, -0.2) is 18.6 Å². The minimum Gasteiger partial charge on any atom is -0.471 e. The summed E-state index contributed by atoms with van der Waals surface area (Å²) in [7, 11) is 1.31. The van der Waals surface area contributed by atoms with Gasteiger partial charge in [0, 0.05) is 12.4 Å². The zero-order valence-corrected chi connectivity index (χ0v) is 6.65. The molecule has 3 nitrogen and oxygen atoms in total. The Morgan fingerprint density at radius 1 is 1.64 bits per heavy atom. The van der Waals surface area contributed by atoms with Crippen molar-refractivity contribution in [2.45, 2.75) is 6.92 Å². The number of rotatable bonds is 1. The lowest BCUT2D eigenvalue weighted by Gasteiger charge is -1.82. The maximum absolute atomic E-state index is 8.95. The largest absolute Gasteiger partial charge is 0.471 e. The summed E-state index contributed by atoms with van der Waals surface area (Å²) in [5, 5.41) is 0. The summed E-state index contributed by atoms with van der Waals surface area (Å²) < 4.78 is 3.86. The molecule has 1 rings (SSSR count). The van der Waals surface area contributed by atoms with Crippen molar-refractivity contribution in [1.29, 1.82) is 0 Å². The fraction of sp³-hybridized carbons (Fsp3) is 0.250. The predicted octanol–water partition coefficient (Wildman–Crippen LogP) is 1.18. The van der Waals surface area contributed by atoms with Crippen LogP contribution in [0, 0.1) is 6.92 Å². The smallest absolute Gasteiger partial charge is 0.292 e. The van der Waals surface area contributed by atoms with Gasteiger partial charge in [-0.3, -0.25) is 9.78 Å². The molecule has 0 saturated carbocycles. The highest BCUT2D eigenvalue weighted by molar-refractivity contribution is 5.36. The predicted molar refractivity (Wildman–Crippen MR) is 42.0 cm³/mol. The molecule has 11 heavy (non-hydrogen) atoms. The zero-order valence-electron chi connectivity index (χ0n) is 6.65. The third-order valence-electron chi connectivity index (χ3n) is 0.906. The van der Waals surface area contributed by atoms with E-state index in [1.54, 1.807) is 6.20 Å². The minimum absolute atomic E-state index is 0.375. The number of ether oxygens (including phenoxy) is 1. The van der Waals surface area contributed by atoms with E-state index in [1.807, 2.05) is 25.3 Å². The van der Waals surface area contributed by atoms with Crippen LogP contribution in [0.4, 0.5) is 0 Å². The Morgan fingerprint density at radius 3 is 2.45 bits per heavy atom. The molecule has 0 spiro atoms. The van der Waals surface area contributed by atoms with Crippen molar-refractivity contribution in [3.63, 3.8) is 0 Å². The molecule has 1 aromatic rings. The van der Waals surface area contributed by atoms with E-state index in [2.05, 4.69) is 9.72 Å². The van der Waals surface area contributed by atoms with E-state index in [9.17, 15) is 0 Å². The van der Waals surface area contributed by atoms with Crippen LogP contribution in [-0.2, 0) is 9.53 Å². The molecular weight excluding hydrogens is 142 g/mol. The number of nitrogens with zero attached hydrogens (tertiary/aromatic N) is 1. The number of carbonyl (C=O) groups is 1. The van der Waals surface area contributed by atoms with E-state index in [0.29, 0.717) is 6.47 Å². The normalized spacial score (nSPS) is 7.45. The second kappa shape index (κ2) is 6.74. The van der Waals surface area contributed by atoms with Crippen molar-refractivity contribution in [2.75, 3.05) is 7.11 Å². The van der Waals surface area contributed by atoms with Gasteiger partial charge in [0.15, 0.2) is 0 Å². The molecule has 0 aliphatic carbocycles. The molecular formula is C8H11NO2. The Kier molecular flexibility index (Phi) is 5.89. The van der Waals surface area contributed by atoms with Crippen LogP contribution >= 0.6 is 0 Å². The van der Waals surface area contributed by atoms with Crippen molar-refractivity contribution in [3.05, 3.63) is 30.1 Å². The van der Waals surface area contributed by atoms with Gasteiger partial charge in [-0.2, -0.15) is 0 Å². The van der Waals surface area contributed by atoms with Crippen LogP contribution in [0.5, 0.6) is 0 Å². The maximum atomic E-state index is 8.95. The molecule has 0 N–H and O–H groups in total.